The summed E-state index contributed by atoms with van der Waals surface area (Å²) in [4.78, 5) is 4.85. The number of likely N-dealkylation sites (N-methyl/N-ethyl adjacent to an activating group) is 1. The Morgan fingerprint density at radius 1 is 1.53 bits per heavy atom. The highest BCUT2D eigenvalue weighted by atomic mass is 16.3. The average molecular weight is 237 g/mol. The smallest absolute Gasteiger partial charge is 0.120 e. The molecule has 0 saturated carbocycles. The minimum atomic E-state index is 0.368. The molecule has 0 bridgehead atoms. The summed E-state index contributed by atoms with van der Waals surface area (Å²) in [6, 6.07) is 4.84. The first kappa shape index (κ1) is 12.6. The van der Waals surface area contributed by atoms with Gasteiger partial charge in [-0.1, -0.05) is 6.92 Å². The molecule has 1 aliphatic rings. The summed E-state index contributed by atoms with van der Waals surface area (Å²) < 4.78 is 5.56. The maximum absolute atomic E-state index is 5.90. The van der Waals surface area contributed by atoms with Gasteiger partial charge in [-0.25, -0.2) is 0 Å². The zero-order chi connectivity index (χ0) is 12.3. The van der Waals surface area contributed by atoms with Crippen molar-refractivity contribution >= 4 is 0 Å². The molecule has 96 valence electrons. The lowest BCUT2D eigenvalue weighted by Crippen LogP contribution is -2.55. The van der Waals surface area contributed by atoms with Gasteiger partial charge in [-0.3, -0.25) is 4.90 Å². The van der Waals surface area contributed by atoms with Gasteiger partial charge in [0.15, 0.2) is 0 Å². The maximum Gasteiger partial charge on any atom is 0.120 e. The second-order valence-electron chi connectivity index (χ2n) is 4.83. The van der Waals surface area contributed by atoms with E-state index in [4.69, 9.17) is 10.2 Å². The Balaban J connectivity index is 2.13. The van der Waals surface area contributed by atoms with Crippen molar-refractivity contribution in [3.8, 4) is 0 Å². The van der Waals surface area contributed by atoms with Crippen LogP contribution in [0.4, 0.5) is 0 Å². The van der Waals surface area contributed by atoms with Gasteiger partial charge in [-0.05, 0) is 25.6 Å². The van der Waals surface area contributed by atoms with Crippen molar-refractivity contribution in [1.82, 2.24) is 9.80 Å². The number of hydrogen-bond acceptors (Lipinski definition) is 4. The van der Waals surface area contributed by atoms with Crippen LogP contribution in [0.25, 0.3) is 0 Å². The van der Waals surface area contributed by atoms with Crippen molar-refractivity contribution in [1.29, 1.82) is 0 Å². The van der Waals surface area contributed by atoms with Crippen molar-refractivity contribution in [2.75, 3.05) is 33.2 Å². The van der Waals surface area contributed by atoms with Crippen LogP contribution in [-0.2, 0) is 0 Å². The first-order chi connectivity index (χ1) is 8.26. The van der Waals surface area contributed by atoms with Crippen LogP contribution in [0.2, 0.25) is 0 Å². The molecule has 2 atom stereocenters. The Bertz CT molecular complexity index is 325. The van der Waals surface area contributed by atoms with E-state index in [1.807, 2.05) is 6.07 Å². The van der Waals surface area contributed by atoms with Gasteiger partial charge < -0.3 is 15.1 Å². The lowest BCUT2D eigenvalue weighted by atomic mass is 10.0. The fraction of sp³-hybridized carbons (Fsp3) is 0.692. The molecule has 2 rings (SSSR count). The number of piperazine rings is 1. The molecule has 0 radical (unpaired) electrons. The summed E-state index contributed by atoms with van der Waals surface area (Å²) in [7, 11) is 2.16. The highest BCUT2D eigenvalue weighted by molar-refractivity contribution is 5.06. The van der Waals surface area contributed by atoms with E-state index in [0.717, 1.165) is 31.8 Å². The van der Waals surface area contributed by atoms with Crippen LogP contribution in [0.1, 0.15) is 25.1 Å². The third kappa shape index (κ3) is 2.70. The molecule has 1 aromatic heterocycles. The predicted molar refractivity (Wildman–Crippen MR) is 68.8 cm³/mol. The number of nitrogens with two attached hydrogens (primary N) is 1. The molecule has 17 heavy (non-hydrogen) atoms. The number of furan rings is 1. The molecule has 0 spiro atoms. The molecule has 1 aromatic rings. The third-order valence-corrected chi connectivity index (χ3v) is 3.66. The minimum absolute atomic E-state index is 0.368. The molecule has 1 saturated heterocycles. The molecule has 2 heterocycles. The molecule has 0 amide bonds. The minimum Gasteiger partial charge on any atom is -0.468 e. The molecule has 4 nitrogen and oxygen atoms in total. The quantitative estimate of drug-likeness (QED) is 0.857. The van der Waals surface area contributed by atoms with Gasteiger partial charge in [0.25, 0.3) is 0 Å². The zero-order valence-electron chi connectivity index (χ0n) is 10.8. The summed E-state index contributed by atoms with van der Waals surface area (Å²) in [5.74, 6) is 1.07. The van der Waals surface area contributed by atoms with Crippen molar-refractivity contribution in [2.45, 2.75) is 25.4 Å². The van der Waals surface area contributed by atoms with Crippen LogP contribution < -0.4 is 5.73 Å². The van der Waals surface area contributed by atoms with Crippen LogP contribution in [0.5, 0.6) is 0 Å². The summed E-state index contributed by atoms with van der Waals surface area (Å²) in [6.07, 6.45) is 2.82. The van der Waals surface area contributed by atoms with Gasteiger partial charge in [0.2, 0.25) is 0 Å². The predicted octanol–water partition coefficient (Wildman–Crippen LogP) is 1.31. The molecule has 2 unspecified atom stereocenters. The Morgan fingerprint density at radius 2 is 2.35 bits per heavy atom. The molecule has 2 N–H and O–H groups in total. The standard InChI is InChI=1S/C13H23N3O/c1-3-12(13-5-4-8-17-13)16-7-6-15(2)10-11(16)9-14/h4-5,8,11-12H,3,6-7,9-10,14H2,1-2H3. The van der Waals surface area contributed by atoms with Crippen molar-refractivity contribution in [2.24, 2.45) is 5.73 Å². The number of hydrogen-bond donors (Lipinski definition) is 1. The molecular formula is C13H23N3O. The largest absolute Gasteiger partial charge is 0.468 e. The highest BCUT2D eigenvalue weighted by Gasteiger charge is 2.31. The van der Waals surface area contributed by atoms with Crippen LogP contribution in [0, 0.1) is 0 Å². The fourth-order valence-corrected chi connectivity index (χ4v) is 2.72. The molecule has 1 aliphatic heterocycles. The topological polar surface area (TPSA) is 45.6 Å². The Kier molecular flexibility index (Phi) is 4.20. The number of nitrogens with zero attached hydrogens (tertiary/aromatic N) is 2. The maximum atomic E-state index is 5.90. The normalized spacial score (nSPS) is 25.0. The summed E-state index contributed by atoms with van der Waals surface area (Å²) in [5, 5.41) is 0. The second kappa shape index (κ2) is 5.67. The van der Waals surface area contributed by atoms with Gasteiger partial charge in [-0.2, -0.15) is 0 Å². The SMILES string of the molecule is CCC(c1ccco1)N1CCN(C)CC1CN. The van der Waals surface area contributed by atoms with E-state index in [-0.39, 0.29) is 0 Å². The third-order valence-electron chi connectivity index (χ3n) is 3.66. The van der Waals surface area contributed by atoms with Crippen molar-refractivity contribution in [3.05, 3.63) is 24.2 Å². The molecule has 1 fully saturated rings. The van der Waals surface area contributed by atoms with Gasteiger partial charge in [0.05, 0.1) is 12.3 Å². The van der Waals surface area contributed by atoms with Crippen molar-refractivity contribution in [3.63, 3.8) is 0 Å². The first-order valence-corrected chi connectivity index (χ1v) is 6.44. The number of rotatable bonds is 4. The van der Waals surface area contributed by atoms with Gasteiger partial charge in [-0.15, -0.1) is 0 Å². The second-order valence-corrected chi connectivity index (χ2v) is 4.83. The summed E-state index contributed by atoms with van der Waals surface area (Å²) in [5.41, 5.74) is 5.90. The molecule has 0 aromatic carbocycles. The van der Waals surface area contributed by atoms with Crippen molar-refractivity contribution < 1.29 is 4.42 Å². The van der Waals surface area contributed by atoms with Crippen LogP contribution >= 0.6 is 0 Å². The first-order valence-electron chi connectivity index (χ1n) is 6.44. The summed E-state index contributed by atoms with van der Waals surface area (Å²) >= 11 is 0. The van der Waals surface area contributed by atoms with Crippen LogP contribution in [0.3, 0.4) is 0 Å². The summed E-state index contributed by atoms with van der Waals surface area (Å²) in [6.45, 7) is 6.14. The molecule has 4 heteroatoms. The van der Waals surface area contributed by atoms with E-state index in [2.05, 4.69) is 29.8 Å². The van der Waals surface area contributed by atoms with E-state index in [1.54, 1.807) is 6.26 Å². The Labute approximate surface area is 103 Å². The van der Waals surface area contributed by atoms with Crippen LogP contribution in [0.15, 0.2) is 22.8 Å². The van der Waals surface area contributed by atoms with E-state index >= 15 is 0 Å². The van der Waals surface area contributed by atoms with E-state index in [9.17, 15) is 0 Å². The lowest BCUT2D eigenvalue weighted by molar-refractivity contribution is 0.0454. The zero-order valence-corrected chi connectivity index (χ0v) is 10.8. The van der Waals surface area contributed by atoms with Gasteiger partial charge in [0, 0.05) is 32.2 Å². The van der Waals surface area contributed by atoms with E-state index in [1.165, 1.54) is 0 Å². The lowest BCUT2D eigenvalue weighted by Gasteiger charge is -2.43. The van der Waals surface area contributed by atoms with Gasteiger partial charge >= 0.3 is 0 Å². The Hall–Kier alpha value is -0.840. The fourth-order valence-electron chi connectivity index (χ4n) is 2.72. The molecule has 0 aliphatic carbocycles. The van der Waals surface area contributed by atoms with Gasteiger partial charge in [0.1, 0.15) is 5.76 Å². The Morgan fingerprint density at radius 3 is 2.94 bits per heavy atom. The highest BCUT2D eigenvalue weighted by Crippen LogP contribution is 2.27. The molecular weight excluding hydrogens is 214 g/mol. The van der Waals surface area contributed by atoms with E-state index in [0.29, 0.717) is 18.6 Å². The monoisotopic (exact) mass is 237 g/mol. The van der Waals surface area contributed by atoms with Crippen LogP contribution in [-0.4, -0.2) is 49.1 Å². The average Bonchev–Trinajstić information content (AvgIpc) is 2.85. The van der Waals surface area contributed by atoms with E-state index < -0.39 is 0 Å².